The van der Waals surface area contributed by atoms with Crippen molar-refractivity contribution in [2.45, 2.75) is 6.54 Å². The highest BCUT2D eigenvalue weighted by atomic mass is 32.1. The van der Waals surface area contributed by atoms with E-state index in [0.29, 0.717) is 4.77 Å². The fourth-order valence-electron chi connectivity index (χ4n) is 2.08. The number of hydrogen-bond acceptors (Lipinski definition) is 6. The highest BCUT2D eigenvalue weighted by Gasteiger charge is 2.16. The van der Waals surface area contributed by atoms with Crippen LogP contribution in [-0.2, 0) is 6.54 Å². The van der Waals surface area contributed by atoms with Crippen LogP contribution in [0, 0.1) is 4.77 Å². The van der Waals surface area contributed by atoms with Gasteiger partial charge in [-0.3, -0.25) is 15.1 Å². The van der Waals surface area contributed by atoms with Gasteiger partial charge < -0.3 is 4.90 Å². The number of thiazole rings is 1. The summed E-state index contributed by atoms with van der Waals surface area (Å²) in [4.78, 5) is 14.5. The van der Waals surface area contributed by atoms with E-state index >= 15 is 0 Å². The van der Waals surface area contributed by atoms with E-state index in [1.807, 2.05) is 6.20 Å². The Hall–Kier alpha value is -1.09. The number of aromatic nitrogens is 4. The summed E-state index contributed by atoms with van der Waals surface area (Å²) in [6.45, 7) is 5.39. The Bertz CT molecular complexity index is 592. The third-order valence-corrected chi connectivity index (χ3v) is 4.43. The first kappa shape index (κ1) is 12.9. The predicted octanol–water partition coefficient (Wildman–Crippen LogP) is 1.34. The molecule has 2 aromatic rings. The second-order valence-corrected chi connectivity index (χ2v) is 6.22. The maximum Gasteiger partial charge on any atom is 0.213 e. The molecule has 0 amide bonds. The normalized spacial score (nSPS) is 17.9. The molecule has 1 fully saturated rings. The van der Waals surface area contributed by atoms with Crippen LogP contribution in [0.1, 0.15) is 5.01 Å². The summed E-state index contributed by atoms with van der Waals surface area (Å²) < 4.78 is 0.476. The highest BCUT2D eigenvalue weighted by Crippen LogP contribution is 2.23. The molecule has 0 unspecified atom stereocenters. The lowest BCUT2D eigenvalue weighted by Crippen LogP contribution is -2.43. The van der Waals surface area contributed by atoms with Gasteiger partial charge in [0, 0.05) is 32.4 Å². The number of likely N-dealkylation sites (N-methyl/N-ethyl adjacent to an activating group) is 1. The Kier molecular flexibility index (Phi) is 3.74. The molecular formula is C11H16N6S2. The van der Waals surface area contributed by atoms with Gasteiger partial charge in [-0.2, -0.15) is 4.98 Å². The van der Waals surface area contributed by atoms with Gasteiger partial charge in [0.25, 0.3) is 0 Å². The number of nitrogens with one attached hydrogen (secondary N) is 2. The van der Waals surface area contributed by atoms with Gasteiger partial charge in [-0.25, -0.2) is 4.98 Å². The molecule has 2 aromatic heterocycles. The summed E-state index contributed by atoms with van der Waals surface area (Å²) in [6.07, 6.45) is 1.86. The number of H-pyrrole nitrogens is 2. The Morgan fingerprint density at radius 1 is 1.32 bits per heavy atom. The first-order chi connectivity index (χ1) is 9.20. The predicted molar refractivity (Wildman–Crippen MR) is 77.7 cm³/mol. The number of piperazine rings is 1. The number of aromatic amines is 2. The van der Waals surface area contributed by atoms with Crippen LogP contribution < -0.4 is 0 Å². The highest BCUT2D eigenvalue weighted by molar-refractivity contribution is 7.71. The smallest absolute Gasteiger partial charge is 0.213 e. The molecule has 0 aromatic carbocycles. The van der Waals surface area contributed by atoms with Crippen molar-refractivity contribution < 1.29 is 0 Å². The van der Waals surface area contributed by atoms with Crippen molar-refractivity contribution in [1.82, 2.24) is 30.0 Å². The van der Waals surface area contributed by atoms with E-state index in [9.17, 15) is 0 Å². The van der Waals surface area contributed by atoms with Gasteiger partial charge in [-0.15, -0.1) is 11.3 Å². The van der Waals surface area contributed by atoms with Crippen LogP contribution in [0.25, 0.3) is 10.7 Å². The molecule has 0 atom stereocenters. The number of rotatable bonds is 3. The zero-order valence-corrected chi connectivity index (χ0v) is 12.4. The fourth-order valence-corrected chi connectivity index (χ4v) is 3.12. The van der Waals surface area contributed by atoms with Crippen LogP contribution in [0.3, 0.4) is 0 Å². The first-order valence-corrected chi connectivity index (χ1v) is 7.44. The monoisotopic (exact) mass is 296 g/mol. The maximum absolute atomic E-state index is 4.95. The van der Waals surface area contributed by atoms with E-state index in [1.54, 1.807) is 11.3 Å². The van der Waals surface area contributed by atoms with Gasteiger partial charge >= 0.3 is 0 Å². The Morgan fingerprint density at radius 2 is 2.11 bits per heavy atom. The Morgan fingerprint density at radius 3 is 2.79 bits per heavy atom. The van der Waals surface area contributed by atoms with Crippen LogP contribution >= 0.6 is 23.6 Å². The molecule has 102 valence electrons. The van der Waals surface area contributed by atoms with Gasteiger partial charge in [0.05, 0.1) is 11.4 Å². The Labute approximate surface area is 120 Å². The summed E-state index contributed by atoms with van der Waals surface area (Å²) in [7, 11) is 2.17. The van der Waals surface area contributed by atoms with Crippen molar-refractivity contribution in [1.29, 1.82) is 0 Å². The second-order valence-electron chi connectivity index (χ2n) is 4.71. The molecule has 6 nitrogen and oxygen atoms in total. The summed E-state index contributed by atoms with van der Waals surface area (Å²) in [5.74, 6) is 0.770. The van der Waals surface area contributed by atoms with Gasteiger partial charge in [0.2, 0.25) is 4.77 Å². The zero-order valence-electron chi connectivity index (χ0n) is 10.7. The van der Waals surface area contributed by atoms with Crippen LogP contribution in [0.4, 0.5) is 0 Å². The minimum atomic E-state index is 0.476. The molecule has 0 aliphatic carbocycles. The zero-order chi connectivity index (χ0) is 13.2. The third-order valence-electron chi connectivity index (χ3n) is 3.24. The largest absolute Gasteiger partial charge is 0.304 e. The molecule has 0 radical (unpaired) electrons. The summed E-state index contributed by atoms with van der Waals surface area (Å²) in [6, 6.07) is 0. The molecule has 3 rings (SSSR count). The summed E-state index contributed by atoms with van der Waals surface area (Å²) in [5, 5.41) is 6.89. The van der Waals surface area contributed by atoms with E-state index in [-0.39, 0.29) is 0 Å². The van der Waals surface area contributed by atoms with Crippen LogP contribution in [0.15, 0.2) is 6.20 Å². The SMILES string of the molecule is CN1CCN(Cc2ncc(-c3nc(=S)[nH][nH]3)s2)CC1. The maximum atomic E-state index is 4.95. The van der Waals surface area contributed by atoms with Crippen molar-refractivity contribution in [2.75, 3.05) is 33.2 Å². The average Bonchev–Trinajstić information content (AvgIpc) is 3.01. The van der Waals surface area contributed by atoms with Gasteiger partial charge in [0.1, 0.15) is 5.01 Å². The van der Waals surface area contributed by atoms with E-state index in [1.165, 1.54) is 0 Å². The lowest BCUT2D eigenvalue weighted by Gasteiger charge is -2.31. The van der Waals surface area contributed by atoms with E-state index < -0.39 is 0 Å². The van der Waals surface area contributed by atoms with Gasteiger partial charge in [-0.1, -0.05) is 0 Å². The van der Waals surface area contributed by atoms with Crippen LogP contribution in [0.2, 0.25) is 0 Å². The van der Waals surface area contributed by atoms with Gasteiger partial charge in [0.15, 0.2) is 5.82 Å². The summed E-state index contributed by atoms with van der Waals surface area (Å²) >= 11 is 6.62. The van der Waals surface area contributed by atoms with Crippen LogP contribution in [0.5, 0.6) is 0 Å². The van der Waals surface area contributed by atoms with Crippen molar-refractivity contribution in [3.8, 4) is 10.7 Å². The first-order valence-electron chi connectivity index (χ1n) is 6.21. The molecule has 1 saturated heterocycles. The third kappa shape index (κ3) is 3.08. The van der Waals surface area contributed by atoms with E-state index in [0.717, 1.165) is 48.4 Å². The lowest BCUT2D eigenvalue weighted by atomic mass is 10.3. The van der Waals surface area contributed by atoms with Crippen molar-refractivity contribution in [2.24, 2.45) is 0 Å². The molecule has 2 N–H and O–H groups in total. The second kappa shape index (κ2) is 5.49. The average molecular weight is 296 g/mol. The lowest BCUT2D eigenvalue weighted by molar-refractivity contribution is 0.148. The molecule has 0 bridgehead atoms. The number of nitrogens with zero attached hydrogens (tertiary/aromatic N) is 4. The van der Waals surface area contributed by atoms with E-state index in [2.05, 4.69) is 37.0 Å². The molecule has 1 aliphatic rings. The number of hydrogen-bond donors (Lipinski definition) is 2. The van der Waals surface area contributed by atoms with Crippen molar-refractivity contribution in [3.63, 3.8) is 0 Å². The molecule has 3 heterocycles. The molecule has 19 heavy (non-hydrogen) atoms. The van der Waals surface area contributed by atoms with Crippen molar-refractivity contribution >= 4 is 23.6 Å². The Balaban J connectivity index is 1.66. The van der Waals surface area contributed by atoms with Crippen molar-refractivity contribution in [3.05, 3.63) is 16.0 Å². The minimum Gasteiger partial charge on any atom is -0.304 e. The molecule has 1 aliphatic heterocycles. The topological polar surface area (TPSA) is 63.8 Å². The molecule has 0 spiro atoms. The minimum absolute atomic E-state index is 0.476. The van der Waals surface area contributed by atoms with Crippen LogP contribution in [-0.4, -0.2) is 63.2 Å². The molecule has 8 heteroatoms. The quantitative estimate of drug-likeness (QED) is 0.837. The molecular weight excluding hydrogens is 280 g/mol. The summed E-state index contributed by atoms with van der Waals surface area (Å²) in [5.41, 5.74) is 0. The fraction of sp³-hybridized carbons (Fsp3) is 0.545. The van der Waals surface area contributed by atoms with Gasteiger partial charge in [-0.05, 0) is 19.3 Å². The van der Waals surface area contributed by atoms with E-state index in [4.69, 9.17) is 12.2 Å². The molecule has 0 saturated carbocycles. The standard InChI is InChI=1S/C11H16N6S2/c1-16-2-4-17(5-3-16)7-9-12-6-8(19-9)10-13-11(18)15-14-10/h6H,2-5,7H2,1H3,(H2,13,14,15,18).